The summed E-state index contributed by atoms with van der Waals surface area (Å²) >= 11 is 0. The summed E-state index contributed by atoms with van der Waals surface area (Å²) in [7, 11) is 0. The highest BCUT2D eigenvalue weighted by atomic mass is 13.6. The number of hydrogen-bond acceptors (Lipinski definition) is 0. The monoisotopic (exact) mass is 60.1 g/mol. The van der Waals surface area contributed by atoms with E-state index in [2.05, 4.69) is 6.92 Å². The maximum Gasteiger partial charge on any atom is 0.0230 e. The standard InChI is InChI=1S/C4H9/c1-3-4-2/h1,3-4H2,2H3/i2D3. The lowest BCUT2D eigenvalue weighted by atomic mass is 10.4. The van der Waals surface area contributed by atoms with Gasteiger partial charge in [-0.1, -0.05) is 26.6 Å². The molecule has 0 rings (SSSR count). The van der Waals surface area contributed by atoms with E-state index < -0.39 is 6.85 Å². The highest BCUT2D eigenvalue weighted by Gasteiger charge is 1.56. The van der Waals surface area contributed by atoms with Gasteiger partial charge in [-0.2, -0.15) is 0 Å². The SMILES string of the molecule is [2H]C([2H])([2H])CC[CH2]. The normalized spacial score (nSPS) is 21.8. The van der Waals surface area contributed by atoms with Gasteiger partial charge in [-0.15, -0.1) is 0 Å². The highest BCUT2D eigenvalue weighted by Crippen LogP contribution is 1.75. The van der Waals surface area contributed by atoms with Gasteiger partial charge >= 0.3 is 0 Å². The molecule has 1 radical (unpaired) electrons. The van der Waals surface area contributed by atoms with E-state index in [1.807, 2.05) is 0 Å². The minimum atomic E-state index is -1.76. The Bertz CT molecular complexity index is 45.4. The first kappa shape index (κ1) is 1.00. The Morgan fingerprint density at radius 2 is 3.00 bits per heavy atom. The summed E-state index contributed by atoms with van der Waals surface area (Å²) in [6.07, 6.45) is 0.726. The van der Waals surface area contributed by atoms with Crippen LogP contribution in [-0.4, -0.2) is 0 Å². The van der Waals surface area contributed by atoms with Crippen molar-refractivity contribution in [3.63, 3.8) is 0 Å². The first-order chi connectivity index (χ1) is 3.06. The Morgan fingerprint density at radius 3 is 3.00 bits per heavy atom. The fourth-order valence-electron chi connectivity index (χ4n) is 0. The van der Waals surface area contributed by atoms with Crippen molar-refractivity contribution in [1.29, 1.82) is 0 Å². The minimum Gasteiger partial charge on any atom is -0.0654 e. The van der Waals surface area contributed by atoms with Crippen LogP contribution in [0.3, 0.4) is 0 Å². The molecule has 0 fully saturated rings. The first-order valence-electron chi connectivity index (χ1n) is 2.85. The summed E-state index contributed by atoms with van der Waals surface area (Å²) in [6, 6.07) is 0. The van der Waals surface area contributed by atoms with Crippen molar-refractivity contribution in [3.8, 4) is 0 Å². The van der Waals surface area contributed by atoms with Crippen LogP contribution in [0.4, 0.5) is 0 Å². The Kier molecular flexibility index (Phi) is 0.750. The molecule has 25 valence electrons. The predicted molar refractivity (Wildman–Crippen MR) is 20.3 cm³/mol. The van der Waals surface area contributed by atoms with Gasteiger partial charge in [0.25, 0.3) is 0 Å². The summed E-state index contributed by atoms with van der Waals surface area (Å²) in [6.45, 7) is 1.65. The van der Waals surface area contributed by atoms with E-state index in [1.54, 1.807) is 0 Å². The molecule has 0 bridgehead atoms. The molecule has 0 aromatic rings. The molecule has 0 aromatic heterocycles. The Hall–Kier alpha value is 0. The third-order valence-corrected chi connectivity index (χ3v) is 0.177. The van der Waals surface area contributed by atoms with E-state index in [1.165, 1.54) is 0 Å². The van der Waals surface area contributed by atoms with Crippen molar-refractivity contribution in [2.75, 3.05) is 0 Å². The number of hydrogen-bond donors (Lipinski definition) is 0. The van der Waals surface area contributed by atoms with Gasteiger partial charge < -0.3 is 0 Å². The smallest absolute Gasteiger partial charge is 0.0230 e. The van der Waals surface area contributed by atoms with Crippen LogP contribution < -0.4 is 0 Å². The molecule has 0 heteroatoms. The lowest BCUT2D eigenvalue weighted by Gasteiger charge is -1.67. The summed E-state index contributed by atoms with van der Waals surface area (Å²) in [4.78, 5) is 0. The van der Waals surface area contributed by atoms with E-state index in [9.17, 15) is 0 Å². The third kappa shape index (κ3) is 2.00. The first-order valence-corrected chi connectivity index (χ1v) is 1.35. The molecule has 0 saturated heterocycles. The molecule has 0 unspecified atom stereocenters. The lowest BCUT2D eigenvalue weighted by Crippen LogP contribution is -1.48. The van der Waals surface area contributed by atoms with Crippen molar-refractivity contribution in [2.45, 2.75) is 19.7 Å². The van der Waals surface area contributed by atoms with E-state index in [0.717, 1.165) is 0 Å². The molecule has 0 N–H and O–H groups in total. The van der Waals surface area contributed by atoms with Crippen molar-refractivity contribution < 1.29 is 4.11 Å². The molecular weight excluding hydrogens is 48.0 g/mol. The summed E-state index contributed by atoms with van der Waals surface area (Å²) in [5.74, 6) is 0. The molecule has 0 aromatic carbocycles. The van der Waals surface area contributed by atoms with Crippen LogP contribution in [0.2, 0.25) is 0 Å². The fraction of sp³-hybridized carbons (Fsp3) is 0.750. The quantitative estimate of drug-likeness (QED) is 0.431. The topological polar surface area (TPSA) is 0 Å². The molecule has 4 heavy (non-hydrogen) atoms. The zero-order valence-electron chi connectivity index (χ0n) is 5.62. The lowest BCUT2D eigenvalue weighted by molar-refractivity contribution is 0.956. The third-order valence-electron chi connectivity index (χ3n) is 0.177. The zero-order chi connectivity index (χ0) is 5.91. The molecular formula is C4H9. The molecule has 0 heterocycles. The van der Waals surface area contributed by atoms with Crippen LogP contribution in [0.1, 0.15) is 23.8 Å². The molecule has 0 aliphatic rings. The van der Waals surface area contributed by atoms with Crippen LogP contribution in [0.15, 0.2) is 0 Å². The molecule has 0 amide bonds. The molecule has 0 atom stereocenters. The van der Waals surface area contributed by atoms with Gasteiger partial charge in [0, 0.05) is 4.11 Å². The van der Waals surface area contributed by atoms with Crippen LogP contribution in [0.5, 0.6) is 0 Å². The second-order valence-electron chi connectivity index (χ2n) is 0.604. The Labute approximate surface area is 32.0 Å². The van der Waals surface area contributed by atoms with Crippen LogP contribution in [0.25, 0.3) is 0 Å². The number of rotatable bonds is 1. The Balaban J connectivity index is 3.15. The molecule has 0 aliphatic carbocycles. The largest absolute Gasteiger partial charge is 0.0654 e. The second-order valence-corrected chi connectivity index (χ2v) is 0.604. The molecule has 0 saturated carbocycles. The average molecular weight is 60.1 g/mol. The molecule has 0 aliphatic heterocycles. The average Bonchev–Trinajstić information content (AvgIpc) is 1.30. The zero-order valence-corrected chi connectivity index (χ0v) is 2.62. The van der Waals surface area contributed by atoms with Gasteiger partial charge in [0.1, 0.15) is 0 Å². The summed E-state index contributed by atoms with van der Waals surface area (Å²) < 4.78 is 19.9. The highest BCUT2D eigenvalue weighted by molar-refractivity contribution is 4.29. The minimum absolute atomic E-state index is 0.229. The predicted octanol–water partition coefficient (Wildman–Crippen LogP) is 1.62. The maximum atomic E-state index is 6.63. The summed E-state index contributed by atoms with van der Waals surface area (Å²) in [5.41, 5.74) is 0. The van der Waals surface area contributed by atoms with Crippen molar-refractivity contribution >= 4 is 0 Å². The van der Waals surface area contributed by atoms with Crippen LogP contribution in [0, 0.1) is 6.92 Å². The van der Waals surface area contributed by atoms with Crippen molar-refractivity contribution in [2.24, 2.45) is 0 Å². The van der Waals surface area contributed by atoms with Gasteiger partial charge in [-0.05, 0) is 0 Å². The van der Waals surface area contributed by atoms with Crippen LogP contribution >= 0.6 is 0 Å². The fourth-order valence-corrected chi connectivity index (χ4v) is 0. The van der Waals surface area contributed by atoms with Gasteiger partial charge in [-0.3, -0.25) is 0 Å². The Morgan fingerprint density at radius 1 is 2.25 bits per heavy atom. The second kappa shape index (κ2) is 3.00. The van der Waals surface area contributed by atoms with E-state index >= 15 is 0 Å². The van der Waals surface area contributed by atoms with E-state index in [4.69, 9.17) is 4.11 Å². The van der Waals surface area contributed by atoms with Gasteiger partial charge in [-0.25, -0.2) is 0 Å². The van der Waals surface area contributed by atoms with Crippen LogP contribution in [-0.2, 0) is 0 Å². The van der Waals surface area contributed by atoms with Crippen molar-refractivity contribution in [3.05, 3.63) is 6.92 Å². The maximum absolute atomic E-state index is 6.63. The molecule has 0 spiro atoms. The van der Waals surface area contributed by atoms with Gasteiger partial charge in [0.15, 0.2) is 0 Å². The van der Waals surface area contributed by atoms with E-state index in [0.29, 0.717) is 6.42 Å². The van der Waals surface area contributed by atoms with E-state index in [-0.39, 0.29) is 6.42 Å². The molecule has 0 nitrogen and oxygen atoms in total. The van der Waals surface area contributed by atoms with Crippen molar-refractivity contribution in [1.82, 2.24) is 0 Å². The summed E-state index contributed by atoms with van der Waals surface area (Å²) in [5, 5.41) is 0. The van der Waals surface area contributed by atoms with Gasteiger partial charge in [0.05, 0.1) is 0 Å². The van der Waals surface area contributed by atoms with Gasteiger partial charge in [0.2, 0.25) is 0 Å².